The summed E-state index contributed by atoms with van der Waals surface area (Å²) in [6.07, 6.45) is 1.00. The first-order valence-electron chi connectivity index (χ1n) is 5.19. The van der Waals surface area contributed by atoms with Gasteiger partial charge in [-0.15, -0.1) is 0 Å². The van der Waals surface area contributed by atoms with Crippen molar-refractivity contribution in [2.24, 2.45) is 0 Å². The Morgan fingerprint density at radius 3 is 2.67 bits per heavy atom. The fourth-order valence-corrected chi connectivity index (χ4v) is 1.55. The Morgan fingerprint density at radius 1 is 1.27 bits per heavy atom. The summed E-state index contributed by atoms with van der Waals surface area (Å²) in [6.45, 7) is 5.73. The number of aryl methyl sites for hydroxylation is 2. The van der Waals surface area contributed by atoms with Gasteiger partial charge in [0, 0.05) is 5.02 Å². The van der Waals surface area contributed by atoms with Gasteiger partial charge in [-0.1, -0.05) is 17.7 Å². The fourth-order valence-electron chi connectivity index (χ4n) is 1.39. The van der Waals surface area contributed by atoms with Crippen LogP contribution in [0.2, 0.25) is 5.02 Å². The Kier molecular flexibility index (Phi) is 4.92. The SMILES string of the molecule is CNCCCOc1cc(Cl)c(C)cc1C. The molecule has 1 aromatic rings. The minimum absolute atomic E-state index is 0.723. The number of hydrogen-bond donors (Lipinski definition) is 1. The van der Waals surface area contributed by atoms with Crippen LogP contribution in [-0.4, -0.2) is 20.2 Å². The summed E-state index contributed by atoms with van der Waals surface area (Å²) < 4.78 is 5.65. The highest BCUT2D eigenvalue weighted by molar-refractivity contribution is 6.31. The van der Waals surface area contributed by atoms with Crippen LogP contribution >= 0.6 is 11.6 Å². The molecule has 0 aliphatic rings. The lowest BCUT2D eigenvalue weighted by Gasteiger charge is -2.10. The summed E-state index contributed by atoms with van der Waals surface area (Å²) in [5, 5.41) is 3.85. The molecule has 1 N–H and O–H groups in total. The molecule has 0 aliphatic carbocycles. The Balaban J connectivity index is 2.57. The highest BCUT2D eigenvalue weighted by atomic mass is 35.5. The normalized spacial score (nSPS) is 10.4. The second-order valence-electron chi connectivity index (χ2n) is 3.67. The van der Waals surface area contributed by atoms with Gasteiger partial charge < -0.3 is 10.1 Å². The molecule has 0 saturated carbocycles. The molecule has 3 heteroatoms. The van der Waals surface area contributed by atoms with E-state index >= 15 is 0 Å². The number of rotatable bonds is 5. The lowest BCUT2D eigenvalue weighted by atomic mass is 10.1. The molecule has 0 aromatic heterocycles. The van der Waals surface area contributed by atoms with Crippen LogP contribution in [0, 0.1) is 13.8 Å². The van der Waals surface area contributed by atoms with Gasteiger partial charge in [-0.2, -0.15) is 0 Å². The third-order valence-corrected chi connectivity index (χ3v) is 2.69. The van der Waals surface area contributed by atoms with Crippen LogP contribution in [0.15, 0.2) is 12.1 Å². The lowest BCUT2D eigenvalue weighted by Crippen LogP contribution is -2.11. The average molecular weight is 228 g/mol. The summed E-state index contributed by atoms with van der Waals surface area (Å²) >= 11 is 6.03. The summed E-state index contributed by atoms with van der Waals surface area (Å²) in [4.78, 5) is 0. The van der Waals surface area contributed by atoms with Crippen LogP contribution < -0.4 is 10.1 Å². The Hall–Kier alpha value is -0.730. The molecular weight excluding hydrogens is 210 g/mol. The van der Waals surface area contributed by atoms with Gasteiger partial charge in [0.05, 0.1) is 6.61 Å². The quantitative estimate of drug-likeness (QED) is 0.781. The van der Waals surface area contributed by atoms with Crippen molar-refractivity contribution in [3.63, 3.8) is 0 Å². The summed E-state index contributed by atoms with van der Waals surface area (Å²) in [7, 11) is 1.94. The minimum atomic E-state index is 0.723. The van der Waals surface area contributed by atoms with Crippen molar-refractivity contribution in [3.8, 4) is 5.75 Å². The lowest BCUT2D eigenvalue weighted by molar-refractivity contribution is 0.308. The van der Waals surface area contributed by atoms with Crippen molar-refractivity contribution < 1.29 is 4.74 Å². The van der Waals surface area contributed by atoms with Crippen molar-refractivity contribution in [2.75, 3.05) is 20.2 Å². The van der Waals surface area contributed by atoms with Crippen LogP contribution in [0.4, 0.5) is 0 Å². The standard InChI is InChI=1S/C12H18ClNO/c1-9-7-10(2)12(8-11(9)13)15-6-4-5-14-3/h7-8,14H,4-6H2,1-3H3. The second kappa shape index (κ2) is 5.99. The first kappa shape index (κ1) is 12.3. The van der Waals surface area contributed by atoms with Gasteiger partial charge in [-0.3, -0.25) is 0 Å². The third-order valence-electron chi connectivity index (χ3n) is 2.28. The van der Waals surface area contributed by atoms with Gasteiger partial charge in [0.1, 0.15) is 5.75 Å². The van der Waals surface area contributed by atoms with E-state index in [1.807, 2.05) is 27.0 Å². The molecule has 15 heavy (non-hydrogen) atoms. The van der Waals surface area contributed by atoms with Crippen LogP contribution in [0.1, 0.15) is 17.5 Å². The molecule has 1 rings (SSSR count). The third kappa shape index (κ3) is 3.73. The van der Waals surface area contributed by atoms with Crippen LogP contribution in [0.3, 0.4) is 0 Å². The molecule has 0 radical (unpaired) electrons. The maximum Gasteiger partial charge on any atom is 0.123 e. The first-order chi connectivity index (χ1) is 7.15. The van der Waals surface area contributed by atoms with Crippen molar-refractivity contribution in [1.29, 1.82) is 0 Å². The smallest absolute Gasteiger partial charge is 0.123 e. The van der Waals surface area contributed by atoms with Crippen molar-refractivity contribution >= 4 is 11.6 Å². The fraction of sp³-hybridized carbons (Fsp3) is 0.500. The van der Waals surface area contributed by atoms with Gasteiger partial charge in [0.25, 0.3) is 0 Å². The Bertz CT molecular complexity index is 326. The molecule has 0 unspecified atom stereocenters. The molecule has 84 valence electrons. The molecule has 0 atom stereocenters. The van der Waals surface area contributed by atoms with Crippen molar-refractivity contribution in [2.45, 2.75) is 20.3 Å². The maximum atomic E-state index is 6.03. The Labute approximate surface area is 96.6 Å². The van der Waals surface area contributed by atoms with Gasteiger partial charge in [-0.05, 0) is 51.1 Å². The van der Waals surface area contributed by atoms with Crippen LogP contribution in [0.5, 0.6) is 5.75 Å². The first-order valence-corrected chi connectivity index (χ1v) is 5.57. The molecule has 0 bridgehead atoms. The predicted octanol–water partition coefficient (Wildman–Crippen LogP) is 2.95. The van der Waals surface area contributed by atoms with Crippen molar-refractivity contribution in [3.05, 3.63) is 28.3 Å². The highest BCUT2D eigenvalue weighted by Crippen LogP contribution is 2.26. The van der Waals surface area contributed by atoms with Crippen LogP contribution in [0.25, 0.3) is 0 Å². The van der Waals surface area contributed by atoms with Gasteiger partial charge in [-0.25, -0.2) is 0 Å². The molecule has 0 saturated heterocycles. The van der Waals surface area contributed by atoms with E-state index in [4.69, 9.17) is 16.3 Å². The zero-order valence-corrected chi connectivity index (χ0v) is 10.3. The molecule has 0 spiro atoms. The zero-order valence-electron chi connectivity index (χ0n) is 9.56. The van der Waals surface area contributed by atoms with E-state index in [-0.39, 0.29) is 0 Å². The molecule has 0 amide bonds. The summed E-state index contributed by atoms with van der Waals surface area (Å²) in [6, 6.07) is 3.95. The molecule has 2 nitrogen and oxygen atoms in total. The van der Waals surface area contributed by atoms with Gasteiger partial charge >= 0.3 is 0 Å². The van der Waals surface area contributed by atoms with E-state index in [2.05, 4.69) is 11.4 Å². The summed E-state index contributed by atoms with van der Waals surface area (Å²) in [5.41, 5.74) is 2.23. The Morgan fingerprint density at radius 2 is 2.00 bits per heavy atom. The predicted molar refractivity (Wildman–Crippen MR) is 65.0 cm³/mol. The van der Waals surface area contributed by atoms with E-state index in [0.717, 1.165) is 41.5 Å². The number of benzene rings is 1. The van der Waals surface area contributed by atoms with Crippen LogP contribution in [-0.2, 0) is 0 Å². The molecule has 0 heterocycles. The second-order valence-corrected chi connectivity index (χ2v) is 4.08. The molecule has 1 aromatic carbocycles. The molecule has 0 aliphatic heterocycles. The number of halogens is 1. The van der Waals surface area contributed by atoms with E-state index < -0.39 is 0 Å². The average Bonchev–Trinajstić information content (AvgIpc) is 2.20. The molecular formula is C12H18ClNO. The number of nitrogens with one attached hydrogen (secondary N) is 1. The van der Waals surface area contributed by atoms with E-state index in [1.54, 1.807) is 0 Å². The number of ether oxygens (including phenoxy) is 1. The van der Waals surface area contributed by atoms with E-state index in [1.165, 1.54) is 0 Å². The molecule has 0 fully saturated rings. The maximum absolute atomic E-state index is 6.03. The zero-order chi connectivity index (χ0) is 11.3. The topological polar surface area (TPSA) is 21.3 Å². The van der Waals surface area contributed by atoms with E-state index in [0.29, 0.717) is 0 Å². The summed E-state index contributed by atoms with van der Waals surface area (Å²) in [5.74, 6) is 0.890. The minimum Gasteiger partial charge on any atom is -0.493 e. The van der Waals surface area contributed by atoms with Crippen molar-refractivity contribution in [1.82, 2.24) is 5.32 Å². The van der Waals surface area contributed by atoms with Gasteiger partial charge in [0.15, 0.2) is 0 Å². The van der Waals surface area contributed by atoms with E-state index in [9.17, 15) is 0 Å². The van der Waals surface area contributed by atoms with Gasteiger partial charge in [0.2, 0.25) is 0 Å². The monoisotopic (exact) mass is 227 g/mol. The highest BCUT2D eigenvalue weighted by Gasteiger charge is 2.03. The number of hydrogen-bond acceptors (Lipinski definition) is 2. The largest absolute Gasteiger partial charge is 0.493 e.